The van der Waals surface area contributed by atoms with Crippen LogP contribution >= 0.6 is 11.8 Å². The fourth-order valence-corrected chi connectivity index (χ4v) is 1.84. The van der Waals surface area contributed by atoms with E-state index in [-0.39, 0.29) is 6.10 Å². The van der Waals surface area contributed by atoms with E-state index in [4.69, 9.17) is 0 Å². The van der Waals surface area contributed by atoms with Crippen LogP contribution in [-0.4, -0.2) is 17.0 Å². The third-order valence-electron chi connectivity index (χ3n) is 1.70. The molecule has 0 fully saturated rings. The van der Waals surface area contributed by atoms with Gasteiger partial charge in [-0.15, -0.1) is 23.6 Å². The van der Waals surface area contributed by atoms with Crippen LogP contribution in [0, 0.1) is 11.8 Å². The summed E-state index contributed by atoms with van der Waals surface area (Å²) in [6.07, 6.45) is 0.240. The summed E-state index contributed by atoms with van der Waals surface area (Å²) < 4.78 is 0. The minimum atomic E-state index is -0.326. The molecule has 1 aromatic carbocycles. The van der Waals surface area contributed by atoms with Gasteiger partial charge in [0.2, 0.25) is 0 Å². The Balaban J connectivity index is 2.29. The van der Waals surface area contributed by atoms with E-state index in [1.807, 2.05) is 30.3 Å². The van der Waals surface area contributed by atoms with Gasteiger partial charge in [-0.1, -0.05) is 18.2 Å². The second-order valence-electron chi connectivity index (χ2n) is 2.91. The molecule has 0 saturated carbocycles. The molecule has 0 saturated heterocycles. The molecule has 0 amide bonds. The maximum Gasteiger partial charge on any atom is 0.0743 e. The van der Waals surface area contributed by atoms with Crippen LogP contribution in [0.1, 0.15) is 13.3 Å². The number of hydrogen-bond donors (Lipinski definition) is 1. The van der Waals surface area contributed by atoms with E-state index in [2.05, 4.69) is 11.8 Å². The minimum Gasteiger partial charge on any atom is -0.391 e. The van der Waals surface area contributed by atoms with Crippen LogP contribution < -0.4 is 0 Å². The molecule has 74 valence electrons. The van der Waals surface area contributed by atoms with Crippen LogP contribution in [0.25, 0.3) is 0 Å². The summed E-state index contributed by atoms with van der Waals surface area (Å²) in [6.45, 7) is 1.79. The first-order valence-electron chi connectivity index (χ1n) is 4.58. The van der Waals surface area contributed by atoms with E-state index in [9.17, 15) is 5.11 Å². The first-order chi connectivity index (χ1) is 6.83. The first kappa shape index (κ1) is 11.2. The highest BCUT2D eigenvalue weighted by atomic mass is 32.2. The second-order valence-corrected chi connectivity index (χ2v) is 4.00. The van der Waals surface area contributed by atoms with Crippen molar-refractivity contribution in [2.45, 2.75) is 24.3 Å². The van der Waals surface area contributed by atoms with E-state index in [0.29, 0.717) is 12.2 Å². The Morgan fingerprint density at radius 1 is 1.36 bits per heavy atom. The van der Waals surface area contributed by atoms with E-state index in [1.54, 1.807) is 18.7 Å². The quantitative estimate of drug-likeness (QED) is 0.603. The van der Waals surface area contributed by atoms with Crippen LogP contribution in [0.5, 0.6) is 0 Å². The summed E-state index contributed by atoms with van der Waals surface area (Å²) in [4.78, 5) is 1.19. The zero-order valence-electron chi connectivity index (χ0n) is 8.23. The molecule has 0 aliphatic heterocycles. The summed E-state index contributed by atoms with van der Waals surface area (Å²) in [5.74, 6) is 6.36. The highest BCUT2D eigenvalue weighted by Crippen LogP contribution is 2.18. The average molecular weight is 206 g/mol. The van der Waals surface area contributed by atoms with Gasteiger partial charge in [-0.25, -0.2) is 0 Å². The number of aliphatic hydroxyl groups excluding tert-OH is 1. The summed E-state index contributed by atoms with van der Waals surface area (Å²) in [6, 6.07) is 10.1. The molecular weight excluding hydrogens is 192 g/mol. The predicted molar refractivity (Wildman–Crippen MR) is 61.2 cm³/mol. The summed E-state index contributed by atoms with van der Waals surface area (Å²) in [5, 5.41) is 9.52. The molecule has 1 N–H and O–H groups in total. The number of thioether (sulfide) groups is 1. The third kappa shape index (κ3) is 4.36. The van der Waals surface area contributed by atoms with Crippen molar-refractivity contribution in [3.63, 3.8) is 0 Å². The standard InChI is InChI=1S/C12H14OS/c1-2-3-7-11(13)10-14-12-8-5-4-6-9-12/h4-6,8-9,11,13H,7,10H2,1H3. The van der Waals surface area contributed by atoms with Crippen LogP contribution in [0.4, 0.5) is 0 Å². The van der Waals surface area contributed by atoms with E-state index >= 15 is 0 Å². The lowest BCUT2D eigenvalue weighted by Gasteiger charge is -2.05. The molecular formula is C12H14OS. The lowest BCUT2D eigenvalue weighted by molar-refractivity contribution is 0.205. The first-order valence-corrected chi connectivity index (χ1v) is 5.57. The molecule has 1 atom stereocenters. The molecule has 0 spiro atoms. The SMILES string of the molecule is CC#CCC(O)CSc1ccccc1. The highest BCUT2D eigenvalue weighted by Gasteiger charge is 2.02. The molecule has 1 rings (SSSR count). The monoisotopic (exact) mass is 206 g/mol. The van der Waals surface area contributed by atoms with Crippen molar-refractivity contribution >= 4 is 11.8 Å². The van der Waals surface area contributed by atoms with E-state index < -0.39 is 0 Å². The molecule has 1 unspecified atom stereocenters. The largest absolute Gasteiger partial charge is 0.391 e. The van der Waals surface area contributed by atoms with Gasteiger partial charge in [-0.05, 0) is 19.1 Å². The van der Waals surface area contributed by atoms with Gasteiger partial charge in [0.25, 0.3) is 0 Å². The molecule has 1 aromatic rings. The Bertz CT molecular complexity index is 310. The summed E-state index contributed by atoms with van der Waals surface area (Å²) in [7, 11) is 0. The number of benzene rings is 1. The van der Waals surface area contributed by atoms with E-state index in [0.717, 1.165) is 0 Å². The molecule has 1 nitrogen and oxygen atoms in total. The number of rotatable bonds is 4. The maximum atomic E-state index is 9.52. The minimum absolute atomic E-state index is 0.326. The van der Waals surface area contributed by atoms with Crippen LogP contribution in [0.3, 0.4) is 0 Å². The molecule has 0 bridgehead atoms. The van der Waals surface area contributed by atoms with Crippen LogP contribution in [0.15, 0.2) is 35.2 Å². The van der Waals surface area contributed by atoms with Crippen molar-refractivity contribution in [1.82, 2.24) is 0 Å². The Labute approximate surface area is 89.5 Å². The van der Waals surface area contributed by atoms with Gasteiger partial charge in [-0.3, -0.25) is 0 Å². The highest BCUT2D eigenvalue weighted by molar-refractivity contribution is 7.99. The van der Waals surface area contributed by atoms with Gasteiger partial charge in [-0.2, -0.15) is 0 Å². The second kappa shape index (κ2) is 6.53. The van der Waals surface area contributed by atoms with Crippen molar-refractivity contribution in [2.75, 3.05) is 5.75 Å². The zero-order chi connectivity index (χ0) is 10.2. The molecule has 0 aliphatic carbocycles. The van der Waals surface area contributed by atoms with Crippen LogP contribution in [-0.2, 0) is 0 Å². The lowest BCUT2D eigenvalue weighted by Crippen LogP contribution is -2.08. The van der Waals surface area contributed by atoms with Crippen molar-refractivity contribution in [1.29, 1.82) is 0 Å². The predicted octanol–water partition coefficient (Wildman–Crippen LogP) is 2.55. The van der Waals surface area contributed by atoms with Gasteiger partial charge in [0.15, 0.2) is 0 Å². The molecule has 2 heteroatoms. The normalized spacial score (nSPS) is 11.6. The topological polar surface area (TPSA) is 20.2 Å². The van der Waals surface area contributed by atoms with Crippen molar-refractivity contribution in [3.05, 3.63) is 30.3 Å². The number of aliphatic hydroxyl groups is 1. The zero-order valence-corrected chi connectivity index (χ0v) is 9.05. The van der Waals surface area contributed by atoms with Gasteiger partial charge >= 0.3 is 0 Å². The van der Waals surface area contributed by atoms with E-state index in [1.165, 1.54) is 4.90 Å². The molecule has 14 heavy (non-hydrogen) atoms. The molecule has 0 aliphatic rings. The van der Waals surface area contributed by atoms with Crippen LogP contribution in [0.2, 0.25) is 0 Å². The Morgan fingerprint density at radius 3 is 2.71 bits per heavy atom. The Morgan fingerprint density at radius 2 is 2.07 bits per heavy atom. The smallest absolute Gasteiger partial charge is 0.0743 e. The summed E-state index contributed by atoms with van der Waals surface area (Å²) in [5.41, 5.74) is 0. The number of hydrogen-bond acceptors (Lipinski definition) is 2. The maximum absolute atomic E-state index is 9.52. The average Bonchev–Trinajstić information content (AvgIpc) is 2.25. The molecule has 0 aromatic heterocycles. The van der Waals surface area contributed by atoms with Gasteiger partial charge in [0.05, 0.1) is 6.10 Å². The van der Waals surface area contributed by atoms with Crippen molar-refractivity contribution in [3.8, 4) is 11.8 Å². The van der Waals surface area contributed by atoms with Gasteiger partial charge < -0.3 is 5.11 Å². The van der Waals surface area contributed by atoms with Crippen molar-refractivity contribution < 1.29 is 5.11 Å². The fourth-order valence-electron chi connectivity index (χ4n) is 0.988. The third-order valence-corrected chi connectivity index (χ3v) is 2.86. The Kier molecular flexibility index (Phi) is 5.21. The molecule has 0 radical (unpaired) electrons. The van der Waals surface area contributed by atoms with Gasteiger partial charge in [0.1, 0.15) is 0 Å². The van der Waals surface area contributed by atoms with Crippen molar-refractivity contribution in [2.24, 2.45) is 0 Å². The van der Waals surface area contributed by atoms with Gasteiger partial charge in [0, 0.05) is 17.1 Å². The summed E-state index contributed by atoms with van der Waals surface area (Å²) >= 11 is 1.66. The Hall–Kier alpha value is -0.910. The fraction of sp³-hybridized carbons (Fsp3) is 0.333. The lowest BCUT2D eigenvalue weighted by atomic mass is 10.3. The molecule has 0 heterocycles.